The van der Waals surface area contributed by atoms with Gasteiger partial charge in [0.1, 0.15) is 11.9 Å². The summed E-state index contributed by atoms with van der Waals surface area (Å²) in [6.07, 6.45) is 3.79. The minimum atomic E-state index is -0.238. The van der Waals surface area contributed by atoms with E-state index in [9.17, 15) is 4.39 Å². The van der Waals surface area contributed by atoms with E-state index in [2.05, 4.69) is 41.8 Å². The zero-order valence-electron chi connectivity index (χ0n) is 14.6. The van der Waals surface area contributed by atoms with Gasteiger partial charge in [-0.05, 0) is 55.1 Å². The van der Waals surface area contributed by atoms with Gasteiger partial charge in [-0.2, -0.15) is 0 Å². The van der Waals surface area contributed by atoms with Crippen LogP contribution in [0.2, 0.25) is 0 Å². The van der Waals surface area contributed by atoms with Gasteiger partial charge in [-0.25, -0.2) is 4.39 Å². The predicted molar refractivity (Wildman–Crippen MR) is 99.7 cm³/mol. The van der Waals surface area contributed by atoms with Gasteiger partial charge in [-0.1, -0.05) is 48.5 Å². The first-order chi connectivity index (χ1) is 12.2. The Bertz CT molecular complexity index is 665. The summed E-state index contributed by atoms with van der Waals surface area (Å²) in [5.74, 6) is 0.324. The van der Waals surface area contributed by atoms with Crippen LogP contribution in [-0.2, 0) is 11.3 Å². The Morgan fingerprint density at radius 1 is 1.12 bits per heavy atom. The highest BCUT2D eigenvalue weighted by Gasteiger charge is 2.20. The standard InChI is InChI=1S/C22H26FNO/c1-2-22(20-9-6-10-21(23)15-20)25-17-19-11-13-24(14-12-19)16-18-7-4-3-5-8-18/h2-10,15,19,22H,1,11-14,16-17H2. The molecule has 3 heteroatoms. The van der Waals surface area contributed by atoms with Crippen molar-refractivity contribution in [1.29, 1.82) is 0 Å². The number of halogens is 1. The minimum Gasteiger partial charge on any atom is -0.369 e. The Morgan fingerprint density at radius 3 is 2.56 bits per heavy atom. The second-order valence-electron chi connectivity index (χ2n) is 6.75. The molecule has 1 atom stereocenters. The SMILES string of the molecule is C=CC(OCC1CCN(Cc2ccccc2)CC1)c1cccc(F)c1. The molecule has 0 N–H and O–H groups in total. The van der Waals surface area contributed by atoms with Crippen molar-refractivity contribution in [3.05, 3.63) is 84.2 Å². The molecule has 0 amide bonds. The fourth-order valence-electron chi connectivity index (χ4n) is 3.38. The van der Waals surface area contributed by atoms with Crippen LogP contribution in [0.1, 0.15) is 30.1 Å². The molecule has 0 radical (unpaired) electrons. The third-order valence-corrected chi connectivity index (χ3v) is 4.86. The van der Waals surface area contributed by atoms with Gasteiger partial charge in [0.05, 0.1) is 6.61 Å². The second kappa shape index (κ2) is 8.93. The van der Waals surface area contributed by atoms with Gasteiger partial charge in [-0.15, -0.1) is 6.58 Å². The molecule has 0 saturated carbocycles. The van der Waals surface area contributed by atoms with Crippen LogP contribution in [0.3, 0.4) is 0 Å². The van der Waals surface area contributed by atoms with Crippen LogP contribution in [0.4, 0.5) is 4.39 Å². The van der Waals surface area contributed by atoms with Crippen LogP contribution in [-0.4, -0.2) is 24.6 Å². The third-order valence-electron chi connectivity index (χ3n) is 4.86. The number of piperidine rings is 1. The van der Waals surface area contributed by atoms with Gasteiger partial charge >= 0.3 is 0 Å². The molecule has 1 aliphatic rings. The van der Waals surface area contributed by atoms with E-state index in [1.807, 2.05) is 6.07 Å². The number of nitrogens with zero attached hydrogens (tertiary/aromatic N) is 1. The van der Waals surface area contributed by atoms with E-state index in [4.69, 9.17) is 4.74 Å². The van der Waals surface area contributed by atoms with Crippen molar-refractivity contribution in [1.82, 2.24) is 4.90 Å². The molecule has 1 unspecified atom stereocenters. The van der Waals surface area contributed by atoms with Crippen molar-refractivity contribution in [2.24, 2.45) is 5.92 Å². The lowest BCUT2D eigenvalue weighted by atomic mass is 9.97. The average Bonchev–Trinajstić information content (AvgIpc) is 2.64. The molecule has 1 fully saturated rings. The monoisotopic (exact) mass is 339 g/mol. The Morgan fingerprint density at radius 2 is 1.88 bits per heavy atom. The first kappa shape index (κ1) is 17.8. The summed E-state index contributed by atoms with van der Waals surface area (Å²) >= 11 is 0. The van der Waals surface area contributed by atoms with Crippen molar-refractivity contribution < 1.29 is 9.13 Å². The zero-order valence-corrected chi connectivity index (χ0v) is 14.6. The highest BCUT2D eigenvalue weighted by Crippen LogP contribution is 2.24. The molecule has 0 aliphatic carbocycles. The summed E-state index contributed by atoms with van der Waals surface area (Å²) in [5.41, 5.74) is 2.20. The van der Waals surface area contributed by atoms with Crippen molar-refractivity contribution in [3.8, 4) is 0 Å². The zero-order chi connectivity index (χ0) is 17.5. The topological polar surface area (TPSA) is 12.5 Å². The number of ether oxygens (including phenoxy) is 1. The summed E-state index contributed by atoms with van der Waals surface area (Å²) in [4.78, 5) is 2.50. The lowest BCUT2D eigenvalue weighted by Crippen LogP contribution is -2.34. The van der Waals surface area contributed by atoms with E-state index in [0.717, 1.165) is 38.0 Å². The first-order valence-corrected chi connectivity index (χ1v) is 9.00. The van der Waals surface area contributed by atoms with Gasteiger partial charge in [0.25, 0.3) is 0 Å². The molecule has 1 saturated heterocycles. The second-order valence-corrected chi connectivity index (χ2v) is 6.75. The summed E-state index contributed by atoms with van der Waals surface area (Å²) < 4.78 is 19.4. The summed E-state index contributed by atoms with van der Waals surface area (Å²) in [5, 5.41) is 0. The quantitative estimate of drug-likeness (QED) is 0.660. The van der Waals surface area contributed by atoms with Crippen molar-refractivity contribution in [2.45, 2.75) is 25.5 Å². The summed E-state index contributed by atoms with van der Waals surface area (Å²) in [7, 11) is 0. The summed E-state index contributed by atoms with van der Waals surface area (Å²) in [6, 6.07) is 17.2. The van der Waals surface area contributed by atoms with E-state index in [-0.39, 0.29) is 11.9 Å². The van der Waals surface area contributed by atoms with E-state index >= 15 is 0 Å². The fourth-order valence-corrected chi connectivity index (χ4v) is 3.38. The van der Waals surface area contributed by atoms with E-state index in [1.54, 1.807) is 12.1 Å². The molecule has 132 valence electrons. The van der Waals surface area contributed by atoms with Gasteiger partial charge in [-0.3, -0.25) is 4.90 Å². The van der Waals surface area contributed by atoms with E-state index in [0.29, 0.717) is 12.5 Å². The maximum Gasteiger partial charge on any atom is 0.123 e. The maximum absolute atomic E-state index is 13.4. The number of likely N-dealkylation sites (tertiary alicyclic amines) is 1. The molecule has 3 rings (SSSR count). The number of hydrogen-bond acceptors (Lipinski definition) is 2. The Balaban J connectivity index is 1.45. The highest BCUT2D eigenvalue weighted by molar-refractivity contribution is 5.21. The van der Waals surface area contributed by atoms with Crippen LogP contribution in [0.5, 0.6) is 0 Å². The minimum absolute atomic E-state index is 0.234. The largest absolute Gasteiger partial charge is 0.369 e. The lowest BCUT2D eigenvalue weighted by Gasteiger charge is -2.32. The Hall–Kier alpha value is -1.97. The van der Waals surface area contributed by atoms with Crippen LogP contribution in [0.25, 0.3) is 0 Å². The molecule has 25 heavy (non-hydrogen) atoms. The Labute approximate surface area is 149 Å². The highest BCUT2D eigenvalue weighted by atomic mass is 19.1. The third kappa shape index (κ3) is 5.25. The predicted octanol–water partition coefficient (Wildman–Crippen LogP) is 4.98. The molecule has 1 aliphatic heterocycles. The number of hydrogen-bond donors (Lipinski definition) is 0. The molecule has 0 aromatic heterocycles. The molecule has 2 aromatic rings. The lowest BCUT2D eigenvalue weighted by molar-refractivity contribution is 0.0335. The smallest absolute Gasteiger partial charge is 0.123 e. The van der Waals surface area contributed by atoms with E-state index < -0.39 is 0 Å². The normalized spacial score (nSPS) is 17.3. The van der Waals surface area contributed by atoms with Gasteiger partial charge in [0.15, 0.2) is 0 Å². The summed E-state index contributed by atoms with van der Waals surface area (Å²) in [6.45, 7) is 7.75. The molecular formula is C22H26FNO. The van der Waals surface area contributed by atoms with Crippen LogP contribution < -0.4 is 0 Å². The van der Waals surface area contributed by atoms with Crippen molar-refractivity contribution in [2.75, 3.05) is 19.7 Å². The molecule has 2 aromatic carbocycles. The van der Waals surface area contributed by atoms with Crippen LogP contribution in [0, 0.1) is 11.7 Å². The maximum atomic E-state index is 13.4. The fraction of sp³-hybridized carbons (Fsp3) is 0.364. The first-order valence-electron chi connectivity index (χ1n) is 9.00. The molecule has 2 nitrogen and oxygen atoms in total. The van der Waals surface area contributed by atoms with Crippen LogP contribution >= 0.6 is 0 Å². The molecule has 0 bridgehead atoms. The Kier molecular flexibility index (Phi) is 6.37. The van der Waals surface area contributed by atoms with Crippen molar-refractivity contribution in [3.63, 3.8) is 0 Å². The number of rotatable bonds is 7. The van der Waals surface area contributed by atoms with Gasteiger partial charge in [0.2, 0.25) is 0 Å². The van der Waals surface area contributed by atoms with E-state index in [1.165, 1.54) is 17.7 Å². The van der Waals surface area contributed by atoms with Crippen LogP contribution in [0.15, 0.2) is 67.3 Å². The molecular weight excluding hydrogens is 313 g/mol. The number of benzene rings is 2. The van der Waals surface area contributed by atoms with Gasteiger partial charge < -0.3 is 4.74 Å². The van der Waals surface area contributed by atoms with Gasteiger partial charge in [0, 0.05) is 6.54 Å². The van der Waals surface area contributed by atoms with Crippen molar-refractivity contribution >= 4 is 0 Å². The molecule has 0 spiro atoms. The molecule has 1 heterocycles. The average molecular weight is 339 g/mol.